The minimum Gasteiger partial charge on any atom is -0.473 e. The molecule has 0 radical (unpaired) electrons. The minimum atomic E-state index is -3.44. The van der Waals surface area contributed by atoms with E-state index in [2.05, 4.69) is 36.1 Å². The van der Waals surface area contributed by atoms with Gasteiger partial charge in [0.15, 0.2) is 0 Å². The number of sulfonamides is 1. The van der Waals surface area contributed by atoms with Crippen LogP contribution in [0, 0.1) is 0 Å². The molecule has 1 saturated heterocycles. The van der Waals surface area contributed by atoms with Crippen LogP contribution in [-0.2, 0) is 32.6 Å². The number of benzene rings is 2. The fraction of sp³-hybridized carbons (Fsp3) is 0.333. The summed E-state index contributed by atoms with van der Waals surface area (Å²) in [6.07, 6.45) is 1.04. The molecule has 0 spiro atoms. The van der Waals surface area contributed by atoms with Crippen molar-refractivity contribution in [3.8, 4) is 0 Å². The van der Waals surface area contributed by atoms with Crippen molar-refractivity contribution in [2.45, 2.75) is 24.8 Å². The van der Waals surface area contributed by atoms with E-state index in [1.165, 1.54) is 11.1 Å². The Morgan fingerprint density at radius 2 is 1.35 bits per heavy atom. The molecule has 1 fully saturated rings. The molecule has 2 N–H and O–H groups in total. The third kappa shape index (κ3) is 7.32. The summed E-state index contributed by atoms with van der Waals surface area (Å²) in [7, 11) is -3.44. The Balaban J connectivity index is 0.000000501. The lowest BCUT2D eigenvalue weighted by Gasteiger charge is -2.34. The molecule has 1 heterocycles. The van der Waals surface area contributed by atoms with Gasteiger partial charge in [-0.05, 0) is 41.8 Å². The highest BCUT2D eigenvalue weighted by Crippen LogP contribution is 2.20. The molecule has 1 aliphatic heterocycles. The Labute approximate surface area is 186 Å². The molecule has 8 nitrogen and oxygen atoms in total. The number of piperazine rings is 1. The molecule has 31 heavy (non-hydrogen) atoms. The normalized spacial score (nSPS) is 15.0. The van der Waals surface area contributed by atoms with Gasteiger partial charge < -0.3 is 10.2 Å². The molecule has 0 unspecified atom stereocenters. The number of aryl methyl sites for hydroxylation is 1. The monoisotopic (exact) mass is 468 g/mol. The summed E-state index contributed by atoms with van der Waals surface area (Å²) in [6, 6.07) is 15.0. The first kappa shape index (κ1) is 24.8. The summed E-state index contributed by atoms with van der Waals surface area (Å²) in [5, 5.41) is 15.3. The van der Waals surface area contributed by atoms with E-state index in [1.54, 1.807) is 28.6 Å². The molecular weight excluding hydrogens is 444 g/mol. The van der Waals surface area contributed by atoms with Crippen molar-refractivity contribution in [1.29, 1.82) is 0 Å². The predicted octanol–water partition coefficient (Wildman–Crippen LogP) is 2.56. The van der Waals surface area contributed by atoms with Gasteiger partial charge in [0.05, 0.1) is 4.90 Å². The van der Waals surface area contributed by atoms with Gasteiger partial charge >= 0.3 is 11.9 Å². The maximum atomic E-state index is 12.7. The lowest BCUT2D eigenvalue weighted by molar-refractivity contribution is -0.159. The number of halogens is 1. The van der Waals surface area contributed by atoms with Gasteiger partial charge in [0.25, 0.3) is 0 Å². The first-order chi connectivity index (χ1) is 14.6. The summed E-state index contributed by atoms with van der Waals surface area (Å²) >= 11 is 5.85. The molecule has 0 saturated carbocycles. The average molecular weight is 469 g/mol. The molecule has 0 bridgehead atoms. The van der Waals surface area contributed by atoms with E-state index in [0.29, 0.717) is 23.0 Å². The molecule has 0 amide bonds. The van der Waals surface area contributed by atoms with Crippen molar-refractivity contribution < 1.29 is 28.2 Å². The first-order valence-corrected chi connectivity index (χ1v) is 11.5. The van der Waals surface area contributed by atoms with Crippen LogP contribution in [0.2, 0.25) is 5.02 Å². The predicted molar refractivity (Wildman–Crippen MR) is 117 cm³/mol. The third-order valence-electron chi connectivity index (χ3n) is 4.80. The summed E-state index contributed by atoms with van der Waals surface area (Å²) in [5.41, 5.74) is 2.61. The fourth-order valence-electron chi connectivity index (χ4n) is 3.02. The zero-order valence-electron chi connectivity index (χ0n) is 17.1. The van der Waals surface area contributed by atoms with Gasteiger partial charge in [0.2, 0.25) is 10.0 Å². The van der Waals surface area contributed by atoms with Crippen LogP contribution in [0.4, 0.5) is 0 Å². The van der Waals surface area contributed by atoms with Crippen molar-refractivity contribution >= 4 is 33.6 Å². The van der Waals surface area contributed by atoms with Crippen LogP contribution >= 0.6 is 11.6 Å². The zero-order valence-corrected chi connectivity index (χ0v) is 18.6. The van der Waals surface area contributed by atoms with E-state index in [0.717, 1.165) is 26.1 Å². The number of carbonyl (C=O) groups is 2. The highest BCUT2D eigenvalue weighted by Gasteiger charge is 2.28. The molecule has 0 aliphatic carbocycles. The van der Waals surface area contributed by atoms with Crippen LogP contribution in [0.3, 0.4) is 0 Å². The second-order valence-corrected chi connectivity index (χ2v) is 9.29. The largest absolute Gasteiger partial charge is 0.473 e. The Morgan fingerprint density at radius 1 is 0.871 bits per heavy atom. The second kappa shape index (κ2) is 11.2. The highest BCUT2D eigenvalue weighted by atomic mass is 35.5. The van der Waals surface area contributed by atoms with Gasteiger partial charge in [0, 0.05) is 37.7 Å². The number of hydrogen-bond acceptors (Lipinski definition) is 5. The van der Waals surface area contributed by atoms with Crippen molar-refractivity contribution in [2.75, 3.05) is 26.2 Å². The molecule has 2 aromatic rings. The van der Waals surface area contributed by atoms with Crippen LogP contribution in [0.5, 0.6) is 0 Å². The van der Waals surface area contributed by atoms with E-state index in [9.17, 15) is 8.42 Å². The Kier molecular flexibility index (Phi) is 9.00. The number of nitrogens with zero attached hydrogens (tertiary/aromatic N) is 2. The summed E-state index contributed by atoms with van der Waals surface area (Å²) in [6.45, 7) is 5.51. The van der Waals surface area contributed by atoms with Gasteiger partial charge in [-0.3, -0.25) is 4.90 Å². The summed E-state index contributed by atoms with van der Waals surface area (Å²) in [5.74, 6) is -3.65. The average Bonchev–Trinajstić information content (AvgIpc) is 2.75. The first-order valence-electron chi connectivity index (χ1n) is 9.65. The molecule has 10 heteroatoms. The van der Waals surface area contributed by atoms with Gasteiger partial charge in [0.1, 0.15) is 0 Å². The smallest absolute Gasteiger partial charge is 0.414 e. The second-order valence-electron chi connectivity index (χ2n) is 6.91. The van der Waals surface area contributed by atoms with E-state index < -0.39 is 22.0 Å². The van der Waals surface area contributed by atoms with E-state index in [-0.39, 0.29) is 0 Å². The topological polar surface area (TPSA) is 115 Å². The third-order valence-corrected chi connectivity index (χ3v) is 6.97. The molecule has 168 valence electrons. The number of aliphatic carboxylic acids is 2. The molecule has 0 atom stereocenters. The maximum absolute atomic E-state index is 12.7. The summed E-state index contributed by atoms with van der Waals surface area (Å²) in [4.78, 5) is 20.8. The van der Waals surface area contributed by atoms with Crippen molar-refractivity contribution in [2.24, 2.45) is 0 Å². The number of carboxylic acids is 2. The molecule has 0 aromatic heterocycles. The molecule has 2 aromatic carbocycles. The molecule has 1 aliphatic rings. The lowest BCUT2D eigenvalue weighted by atomic mass is 10.1. The lowest BCUT2D eigenvalue weighted by Crippen LogP contribution is -2.48. The highest BCUT2D eigenvalue weighted by molar-refractivity contribution is 7.89. The Bertz CT molecular complexity index is 974. The fourth-order valence-corrected chi connectivity index (χ4v) is 4.57. The van der Waals surface area contributed by atoms with E-state index >= 15 is 0 Å². The Hall–Kier alpha value is -2.46. The van der Waals surface area contributed by atoms with Crippen LogP contribution in [-0.4, -0.2) is 66.0 Å². The number of carboxylic acid groups (broad SMARTS) is 2. The molecular formula is C21H25ClN2O6S. The van der Waals surface area contributed by atoms with Gasteiger partial charge in [-0.2, -0.15) is 4.31 Å². The zero-order chi connectivity index (χ0) is 23.0. The van der Waals surface area contributed by atoms with Crippen molar-refractivity contribution in [3.05, 3.63) is 64.7 Å². The van der Waals surface area contributed by atoms with E-state index in [4.69, 9.17) is 31.4 Å². The summed E-state index contributed by atoms with van der Waals surface area (Å²) < 4.78 is 27.0. The number of rotatable bonds is 5. The minimum absolute atomic E-state index is 0.306. The van der Waals surface area contributed by atoms with E-state index in [1.807, 2.05) is 0 Å². The van der Waals surface area contributed by atoms with Crippen molar-refractivity contribution in [1.82, 2.24) is 9.21 Å². The standard InChI is InChI=1S/C19H23ClN2O2S.C2H2O4/c1-2-16-3-5-17(6-4-16)15-21-11-13-22(14-12-21)25(23,24)19-9-7-18(20)8-10-19;3-1(4)2(5)6/h3-10H,2,11-15H2,1H3;(H,3,4)(H,5,6). The van der Waals surface area contributed by atoms with Crippen LogP contribution < -0.4 is 0 Å². The van der Waals surface area contributed by atoms with Gasteiger partial charge in [-0.1, -0.05) is 42.8 Å². The van der Waals surface area contributed by atoms with Crippen LogP contribution in [0.25, 0.3) is 0 Å². The maximum Gasteiger partial charge on any atom is 0.414 e. The van der Waals surface area contributed by atoms with Gasteiger partial charge in [-0.25, -0.2) is 18.0 Å². The Morgan fingerprint density at radius 3 is 1.81 bits per heavy atom. The van der Waals surface area contributed by atoms with Crippen molar-refractivity contribution in [3.63, 3.8) is 0 Å². The van der Waals surface area contributed by atoms with Crippen LogP contribution in [0.1, 0.15) is 18.1 Å². The quantitative estimate of drug-likeness (QED) is 0.648. The van der Waals surface area contributed by atoms with Gasteiger partial charge in [-0.15, -0.1) is 0 Å². The van der Waals surface area contributed by atoms with Crippen LogP contribution in [0.15, 0.2) is 53.4 Å². The SMILES string of the molecule is CCc1ccc(CN2CCN(S(=O)(=O)c3ccc(Cl)cc3)CC2)cc1.O=C(O)C(=O)O. The number of hydrogen-bond donors (Lipinski definition) is 2. The molecule has 3 rings (SSSR count).